The average Bonchev–Trinajstić information content (AvgIpc) is 3.01. The number of amides is 1. The van der Waals surface area contributed by atoms with E-state index in [9.17, 15) is 9.90 Å². The topological polar surface area (TPSA) is 52.9 Å². The van der Waals surface area contributed by atoms with Crippen molar-refractivity contribution in [1.29, 1.82) is 0 Å². The molecule has 1 saturated heterocycles. The summed E-state index contributed by atoms with van der Waals surface area (Å²) in [5, 5.41) is 11.2. The van der Waals surface area contributed by atoms with E-state index in [2.05, 4.69) is 4.99 Å². The van der Waals surface area contributed by atoms with Crippen LogP contribution in [0, 0.1) is 0 Å². The van der Waals surface area contributed by atoms with Gasteiger partial charge in [0.2, 0.25) is 0 Å². The summed E-state index contributed by atoms with van der Waals surface area (Å²) in [6.45, 7) is 0.414. The third kappa shape index (κ3) is 4.53. The van der Waals surface area contributed by atoms with Gasteiger partial charge in [0.1, 0.15) is 5.75 Å². The Bertz CT molecular complexity index is 1100. The Morgan fingerprint density at radius 2 is 1.69 bits per heavy atom. The van der Waals surface area contributed by atoms with Gasteiger partial charge in [0.15, 0.2) is 5.17 Å². The number of carbonyl (C=O) groups is 1. The summed E-state index contributed by atoms with van der Waals surface area (Å²) in [5.74, 6) is -0.0914. The first-order valence-corrected chi connectivity index (χ1v) is 10.2. The van der Waals surface area contributed by atoms with Crippen LogP contribution in [0.1, 0.15) is 11.1 Å². The monoisotopic (exact) mass is 420 g/mol. The minimum Gasteiger partial charge on any atom is -0.507 e. The van der Waals surface area contributed by atoms with E-state index in [-0.39, 0.29) is 11.7 Å². The van der Waals surface area contributed by atoms with E-state index < -0.39 is 0 Å². The summed E-state index contributed by atoms with van der Waals surface area (Å²) in [7, 11) is 0. The second-order valence-corrected chi connectivity index (χ2v) is 7.87. The number of halogens is 1. The van der Waals surface area contributed by atoms with E-state index in [0.717, 1.165) is 11.3 Å². The molecule has 1 N–H and O–H groups in total. The first-order chi connectivity index (χ1) is 14.1. The molecule has 0 unspecified atom stereocenters. The van der Waals surface area contributed by atoms with Crippen molar-refractivity contribution >= 4 is 46.2 Å². The van der Waals surface area contributed by atoms with Crippen LogP contribution in [0.3, 0.4) is 0 Å². The molecule has 0 radical (unpaired) electrons. The second kappa shape index (κ2) is 8.55. The van der Waals surface area contributed by atoms with Crippen LogP contribution in [-0.2, 0) is 11.3 Å². The van der Waals surface area contributed by atoms with Gasteiger partial charge in [0.05, 0.1) is 17.1 Å². The Balaban J connectivity index is 1.72. The summed E-state index contributed by atoms with van der Waals surface area (Å²) >= 11 is 7.33. The van der Waals surface area contributed by atoms with Crippen molar-refractivity contribution < 1.29 is 9.90 Å². The van der Waals surface area contributed by atoms with Crippen molar-refractivity contribution in [3.05, 3.63) is 99.9 Å². The molecule has 1 aliphatic rings. The molecule has 1 aliphatic heterocycles. The highest BCUT2D eigenvalue weighted by atomic mass is 35.5. The molecule has 4 rings (SSSR count). The summed E-state index contributed by atoms with van der Waals surface area (Å²) < 4.78 is 0. The van der Waals surface area contributed by atoms with Crippen LogP contribution in [0.5, 0.6) is 5.75 Å². The lowest BCUT2D eigenvalue weighted by Gasteiger charge is -2.15. The van der Waals surface area contributed by atoms with Crippen molar-refractivity contribution in [3.8, 4) is 5.75 Å². The molecular formula is C23H17ClN2O2S. The van der Waals surface area contributed by atoms with Gasteiger partial charge in [-0.2, -0.15) is 0 Å². The minimum absolute atomic E-state index is 0.0679. The summed E-state index contributed by atoms with van der Waals surface area (Å²) in [4.78, 5) is 20.0. The second-order valence-electron chi connectivity index (χ2n) is 6.42. The van der Waals surface area contributed by atoms with Crippen molar-refractivity contribution in [1.82, 2.24) is 4.90 Å². The smallest absolute Gasteiger partial charge is 0.267 e. The highest BCUT2D eigenvalue weighted by Crippen LogP contribution is 2.36. The summed E-state index contributed by atoms with van der Waals surface area (Å²) in [6.07, 6.45) is 1.65. The maximum Gasteiger partial charge on any atom is 0.267 e. The van der Waals surface area contributed by atoms with Crippen molar-refractivity contribution in [2.24, 2.45) is 4.99 Å². The molecule has 29 heavy (non-hydrogen) atoms. The van der Waals surface area contributed by atoms with Crippen LogP contribution in [0.2, 0.25) is 5.02 Å². The van der Waals surface area contributed by atoms with Crippen LogP contribution in [0.25, 0.3) is 6.08 Å². The van der Waals surface area contributed by atoms with E-state index in [4.69, 9.17) is 11.6 Å². The Hall–Kier alpha value is -3.02. The predicted molar refractivity (Wildman–Crippen MR) is 119 cm³/mol. The van der Waals surface area contributed by atoms with Gasteiger partial charge >= 0.3 is 0 Å². The Morgan fingerprint density at radius 1 is 1.00 bits per heavy atom. The number of aromatic hydroxyl groups is 1. The molecule has 1 amide bonds. The average molecular weight is 421 g/mol. The van der Waals surface area contributed by atoms with Gasteiger partial charge in [-0.15, -0.1) is 0 Å². The first kappa shape index (κ1) is 19.3. The largest absolute Gasteiger partial charge is 0.507 e. The SMILES string of the molecule is O=C1/C(=C\c2cc(Cl)ccc2O)SC(=Nc2ccccc2)N1Cc1ccccc1. The molecule has 144 valence electrons. The number of hydrogen-bond donors (Lipinski definition) is 1. The van der Waals surface area contributed by atoms with Crippen molar-refractivity contribution in [3.63, 3.8) is 0 Å². The van der Waals surface area contributed by atoms with E-state index in [1.54, 1.807) is 23.1 Å². The highest BCUT2D eigenvalue weighted by molar-refractivity contribution is 8.18. The van der Waals surface area contributed by atoms with Gasteiger partial charge in [-0.3, -0.25) is 9.69 Å². The zero-order chi connectivity index (χ0) is 20.2. The molecule has 0 aromatic heterocycles. The number of phenols is 1. The summed E-state index contributed by atoms with van der Waals surface area (Å²) in [5.41, 5.74) is 2.27. The normalized spacial score (nSPS) is 16.7. The number of rotatable bonds is 4. The number of carbonyl (C=O) groups excluding carboxylic acids is 1. The maximum absolute atomic E-state index is 13.2. The standard InChI is InChI=1S/C23H17ClN2O2S/c24-18-11-12-20(27)17(13-18)14-21-22(28)26(15-16-7-3-1-4-8-16)23(29-21)25-19-9-5-2-6-10-19/h1-14,27H,15H2/b21-14+,25-23?. The van der Waals surface area contributed by atoms with E-state index >= 15 is 0 Å². The van der Waals surface area contributed by atoms with Crippen molar-refractivity contribution in [2.75, 3.05) is 0 Å². The van der Waals surface area contributed by atoms with E-state index in [1.807, 2.05) is 60.7 Å². The van der Waals surface area contributed by atoms with Gasteiger partial charge < -0.3 is 5.11 Å². The van der Waals surface area contributed by atoms with Crippen LogP contribution in [-0.4, -0.2) is 21.1 Å². The van der Waals surface area contributed by atoms with E-state index in [1.165, 1.54) is 17.8 Å². The molecule has 0 bridgehead atoms. The lowest BCUT2D eigenvalue weighted by molar-refractivity contribution is -0.122. The first-order valence-electron chi connectivity index (χ1n) is 8.98. The molecule has 6 heteroatoms. The number of amidine groups is 1. The van der Waals surface area contributed by atoms with Crippen molar-refractivity contribution in [2.45, 2.75) is 6.54 Å². The lowest BCUT2D eigenvalue weighted by Crippen LogP contribution is -2.28. The molecule has 3 aromatic carbocycles. The fraction of sp³-hybridized carbons (Fsp3) is 0.0435. The van der Waals surface area contributed by atoms with Gasteiger partial charge in [0.25, 0.3) is 5.91 Å². The Kier molecular flexibility index (Phi) is 5.69. The van der Waals surface area contributed by atoms with Gasteiger partial charge in [0, 0.05) is 10.6 Å². The fourth-order valence-electron chi connectivity index (χ4n) is 2.89. The molecule has 4 nitrogen and oxygen atoms in total. The fourth-order valence-corrected chi connectivity index (χ4v) is 4.06. The van der Waals surface area contributed by atoms with Gasteiger partial charge in [-0.25, -0.2) is 4.99 Å². The zero-order valence-corrected chi connectivity index (χ0v) is 16.9. The highest BCUT2D eigenvalue weighted by Gasteiger charge is 2.33. The number of para-hydroxylation sites is 1. The van der Waals surface area contributed by atoms with Crippen LogP contribution >= 0.6 is 23.4 Å². The third-order valence-corrected chi connectivity index (χ3v) is 5.57. The molecule has 0 spiro atoms. The molecular weight excluding hydrogens is 404 g/mol. The Morgan fingerprint density at radius 3 is 2.41 bits per heavy atom. The number of thioether (sulfide) groups is 1. The Labute approximate surface area is 178 Å². The third-order valence-electron chi connectivity index (χ3n) is 4.33. The van der Waals surface area contributed by atoms with Crippen LogP contribution in [0.15, 0.2) is 88.8 Å². The molecule has 0 saturated carbocycles. The van der Waals surface area contributed by atoms with Crippen LogP contribution in [0.4, 0.5) is 5.69 Å². The van der Waals surface area contributed by atoms with Gasteiger partial charge in [-0.05, 0) is 53.7 Å². The zero-order valence-electron chi connectivity index (χ0n) is 15.3. The molecule has 0 atom stereocenters. The molecule has 0 aliphatic carbocycles. The number of nitrogens with zero attached hydrogens (tertiary/aromatic N) is 2. The molecule has 3 aromatic rings. The summed E-state index contributed by atoms with van der Waals surface area (Å²) in [6, 6.07) is 24.0. The number of benzene rings is 3. The lowest BCUT2D eigenvalue weighted by atomic mass is 10.1. The maximum atomic E-state index is 13.2. The quantitative estimate of drug-likeness (QED) is 0.538. The van der Waals surface area contributed by atoms with Crippen LogP contribution < -0.4 is 0 Å². The van der Waals surface area contributed by atoms with Gasteiger partial charge in [-0.1, -0.05) is 60.1 Å². The number of phenolic OH excluding ortho intramolecular Hbond substituents is 1. The van der Waals surface area contributed by atoms with E-state index in [0.29, 0.717) is 27.2 Å². The number of aliphatic imine (C=N–C) groups is 1. The number of hydrogen-bond acceptors (Lipinski definition) is 4. The molecule has 1 heterocycles. The molecule has 1 fully saturated rings. The predicted octanol–water partition coefficient (Wildman–Crippen LogP) is 5.85. The minimum atomic E-state index is -0.159.